The Hall–Kier alpha value is -2.57. The topological polar surface area (TPSA) is 61.8 Å². The van der Waals surface area contributed by atoms with Crippen LogP contribution in [0.5, 0.6) is 0 Å². The third-order valence-electron chi connectivity index (χ3n) is 4.19. The average Bonchev–Trinajstić information content (AvgIpc) is 2.94. The van der Waals surface area contributed by atoms with E-state index in [1.165, 1.54) is 16.7 Å². The van der Waals surface area contributed by atoms with Gasteiger partial charge in [0.2, 0.25) is 11.8 Å². The van der Waals surface area contributed by atoms with E-state index in [0.29, 0.717) is 22.4 Å². The maximum absolute atomic E-state index is 12.8. The molecule has 0 aliphatic carbocycles. The maximum atomic E-state index is 12.8. The fourth-order valence-electron chi connectivity index (χ4n) is 2.75. The molecular weight excluding hydrogens is 394 g/mol. The summed E-state index contributed by atoms with van der Waals surface area (Å²) in [7, 11) is 0. The van der Waals surface area contributed by atoms with Crippen molar-refractivity contribution in [3.8, 4) is 0 Å². The van der Waals surface area contributed by atoms with Crippen LogP contribution in [0.3, 0.4) is 0 Å². The van der Waals surface area contributed by atoms with E-state index in [1.807, 2.05) is 43.3 Å². The van der Waals surface area contributed by atoms with Gasteiger partial charge in [-0.3, -0.25) is 14.5 Å². The number of amides is 2. The first kappa shape index (κ1) is 20.2. The Bertz CT molecular complexity index is 945. The number of nitrogens with one attached hydrogen (secondary N) is 1. The van der Waals surface area contributed by atoms with E-state index in [0.717, 1.165) is 11.3 Å². The lowest BCUT2D eigenvalue weighted by Gasteiger charge is -2.14. The number of halogens is 1. The van der Waals surface area contributed by atoms with E-state index in [2.05, 4.69) is 16.9 Å². The van der Waals surface area contributed by atoms with Crippen molar-refractivity contribution in [2.45, 2.75) is 18.6 Å². The van der Waals surface area contributed by atoms with Gasteiger partial charge in [0.15, 0.2) is 5.17 Å². The van der Waals surface area contributed by atoms with Crippen molar-refractivity contribution in [2.24, 2.45) is 4.99 Å². The van der Waals surface area contributed by atoms with Crippen molar-refractivity contribution in [1.29, 1.82) is 0 Å². The molecule has 5 nitrogen and oxygen atoms in total. The van der Waals surface area contributed by atoms with Crippen molar-refractivity contribution < 1.29 is 9.59 Å². The molecule has 1 fully saturated rings. The predicted octanol–water partition coefficient (Wildman–Crippen LogP) is 4.79. The van der Waals surface area contributed by atoms with Gasteiger partial charge in [-0.2, -0.15) is 0 Å². The second-order valence-corrected chi connectivity index (χ2v) is 7.83. The Morgan fingerprint density at radius 3 is 2.71 bits per heavy atom. The van der Waals surface area contributed by atoms with Crippen LogP contribution in [0.2, 0.25) is 5.02 Å². The highest BCUT2D eigenvalue weighted by Crippen LogP contribution is 2.33. The number of aryl methyl sites for hydroxylation is 1. The van der Waals surface area contributed by atoms with Crippen molar-refractivity contribution in [1.82, 2.24) is 4.90 Å². The average molecular weight is 414 g/mol. The summed E-state index contributed by atoms with van der Waals surface area (Å²) >= 11 is 7.46. The molecule has 28 heavy (non-hydrogen) atoms. The van der Waals surface area contributed by atoms with E-state index in [4.69, 9.17) is 11.6 Å². The molecule has 1 atom stereocenters. The zero-order chi connectivity index (χ0) is 20.1. The summed E-state index contributed by atoms with van der Waals surface area (Å²) in [6.45, 7) is 5.95. The standard InChI is InChI=1S/C21H20ClN3O2S/c1-3-12-25-20(27)18(13-19(26)23-16-10-6-4-8-14(16)2)28-21(25)24-17-11-7-5-9-15(17)22/h3-11,18H,1,12-13H2,2H3,(H,23,26)/t18-/m0/s1. The van der Waals surface area contributed by atoms with Gasteiger partial charge in [-0.1, -0.05) is 59.8 Å². The zero-order valence-electron chi connectivity index (χ0n) is 15.4. The molecule has 0 unspecified atom stereocenters. The van der Waals surface area contributed by atoms with Crippen LogP contribution in [0.15, 0.2) is 66.2 Å². The highest BCUT2D eigenvalue weighted by Gasteiger charge is 2.38. The summed E-state index contributed by atoms with van der Waals surface area (Å²) in [6, 6.07) is 14.7. The summed E-state index contributed by atoms with van der Waals surface area (Å²) in [4.78, 5) is 31.3. The molecule has 1 saturated heterocycles. The number of carbonyl (C=O) groups is 2. The van der Waals surface area contributed by atoms with Gasteiger partial charge in [0.05, 0.1) is 10.7 Å². The van der Waals surface area contributed by atoms with Crippen LogP contribution in [0.4, 0.5) is 11.4 Å². The number of thioether (sulfide) groups is 1. The number of nitrogens with zero attached hydrogens (tertiary/aromatic N) is 2. The van der Waals surface area contributed by atoms with E-state index in [-0.39, 0.29) is 18.2 Å². The lowest BCUT2D eigenvalue weighted by molar-refractivity contribution is -0.127. The SMILES string of the molecule is C=CCN1C(=O)[C@H](CC(=O)Nc2ccccc2C)SC1=Nc1ccccc1Cl. The molecule has 0 saturated carbocycles. The number of carbonyl (C=O) groups excluding carboxylic acids is 2. The van der Waals surface area contributed by atoms with Crippen LogP contribution in [0.25, 0.3) is 0 Å². The van der Waals surface area contributed by atoms with Crippen LogP contribution < -0.4 is 5.32 Å². The predicted molar refractivity (Wildman–Crippen MR) is 116 cm³/mol. The number of aliphatic imine (C=N–C) groups is 1. The molecule has 1 heterocycles. The van der Waals surface area contributed by atoms with Gasteiger partial charge in [-0.25, -0.2) is 4.99 Å². The molecule has 1 aliphatic rings. The second kappa shape index (κ2) is 9.08. The first-order valence-electron chi connectivity index (χ1n) is 8.77. The number of hydrogen-bond donors (Lipinski definition) is 1. The zero-order valence-corrected chi connectivity index (χ0v) is 17.0. The Labute approximate surface area is 173 Å². The summed E-state index contributed by atoms with van der Waals surface area (Å²) < 4.78 is 0. The fourth-order valence-corrected chi connectivity index (χ4v) is 4.09. The van der Waals surface area contributed by atoms with E-state index >= 15 is 0 Å². The lowest BCUT2D eigenvalue weighted by atomic mass is 10.2. The quantitative estimate of drug-likeness (QED) is 0.692. The van der Waals surface area contributed by atoms with Crippen molar-refractivity contribution >= 4 is 51.7 Å². The molecule has 2 aromatic carbocycles. The molecule has 2 amide bonds. The minimum atomic E-state index is -0.537. The molecule has 0 radical (unpaired) electrons. The van der Waals surface area contributed by atoms with Crippen LogP contribution in [0, 0.1) is 6.92 Å². The monoisotopic (exact) mass is 413 g/mol. The van der Waals surface area contributed by atoms with Crippen molar-refractivity contribution in [2.75, 3.05) is 11.9 Å². The lowest BCUT2D eigenvalue weighted by Crippen LogP contribution is -2.33. The highest BCUT2D eigenvalue weighted by atomic mass is 35.5. The van der Waals surface area contributed by atoms with Crippen molar-refractivity contribution in [3.63, 3.8) is 0 Å². The Kier molecular flexibility index (Phi) is 6.54. The third-order valence-corrected chi connectivity index (χ3v) is 5.69. The Morgan fingerprint density at radius 1 is 1.29 bits per heavy atom. The smallest absolute Gasteiger partial charge is 0.242 e. The molecule has 1 N–H and O–H groups in total. The van der Waals surface area contributed by atoms with Crippen LogP contribution in [0.1, 0.15) is 12.0 Å². The molecule has 0 aromatic heterocycles. The summed E-state index contributed by atoms with van der Waals surface area (Å²) in [6.07, 6.45) is 1.70. The van der Waals surface area contributed by atoms with Gasteiger partial charge in [-0.15, -0.1) is 6.58 Å². The molecule has 0 spiro atoms. The minimum absolute atomic E-state index is 0.0625. The first-order valence-corrected chi connectivity index (χ1v) is 10.0. The molecule has 0 bridgehead atoms. The first-order chi connectivity index (χ1) is 13.5. The van der Waals surface area contributed by atoms with Crippen LogP contribution >= 0.6 is 23.4 Å². The van der Waals surface area contributed by atoms with Gasteiger partial charge in [0.25, 0.3) is 0 Å². The van der Waals surface area contributed by atoms with Crippen LogP contribution in [-0.2, 0) is 9.59 Å². The number of rotatable bonds is 6. The van der Waals surface area contributed by atoms with E-state index < -0.39 is 5.25 Å². The van der Waals surface area contributed by atoms with Gasteiger partial charge in [0, 0.05) is 18.7 Å². The van der Waals surface area contributed by atoms with E-state index in [1.54, 1.807) is 18.2 Å². The molecule has 7 heteroatoms. The largest absolute Gasteiger partial charge is 0.326 e. The summed E-state index contributed by atoms with van der Waals surface area (Å²) in [5.41, 5.74) is 2.30. The van der Waals surface area contributed by atoms with Gasteiger partial charge >= 0.3 is 0 Å². The van der Waals surface area contributed by atoms with Crippen molar-refractivity contribution in [3.05, 3.63) is 71.8 Å². The summed E-state index contributed by atoms with van der Waals surface area (Å²) in [5, 5.41) is 3.36. The molecule has 2 aromatic rings. The Balaban J connectivity index is 1.76. The number of anilines is 1. The second-order valence-electron chi connectivity index (χ2n) is 6.26. The number of amidine groups is 1. The summed E-state index contributed by atoms with van der Waals surface area (Å²) in [5.74, 6) is -0.367. The molecule has 3 rings (SSSR count). The number of benzene rings is 2. The molecule has 1 aliphatic heterocycles. The molecule has 144 valence electrons. The fraction of sp³-hybridized carbons (Fsp3) is 0.190. The Morgan fingerprint density at radius 2 is 2.00 bits per heavy atom. The minimum Gasteiger partial charge on any atom is -0.326 e. The van der Waals surface area contributed by atoms with Gasteiger partial charge in [0.1, 0.15) is 5.25 Å². The van der Waals surface area contributed by atoms with Gasteiger partial charge < -0.3 is 5.32 Å². The highest BCUT2D eigenvalue weighted by molar-refractivity contribution is 8.15. The third kappa shape index (κ3) is 4.64. The van der Waals surface area contributed by atoms with Gasteiger partial charge in [-0.05, 0) is 30.7 Å². The molecular formula is C21H20ClN3O2S. The normalized spacial score (nSPS) is 17.8. The van der Waals surface area contributed by atoms with E-state index in [9.17, 15) is 9.59 Å². The van der Waals surface area contributed by atoms with Crippen LogP contribution in [-0.4, -0.2) is 33.7 Å². The number of hydrogen-bond acceptors (Lipinski definition) is 4. The maximum Gasteiger partial charge on any atom is 0.242 e. The number of para-hydroxylation sites is 2.